The van der Waals surface area contributed by atoms with Gasteiger partial charge in [-0.3, -0.25) is 14.5 Å². The topological polar surface area (TPSA) is 86.8 Å². The molecule has 1 N–H and O–H groups in total. The first-order chi connectivity index (χ1) is 13.9. The summed E-state index contributed by atoms with van der Waals surface area (Å²) < 4.78 is 27.0. The Morgan fingerprint density at radius 2 is 1.55 bits per heavy atom. The van der Waals surface area contributed by atoms with E-state index >= 15 is 0 Å². The maximum Gasteiger partial charge on any atom is 0.243 e. The number of benzene rings is 2. The van der Waals surface area contributed by atoms with Gasteiger partial charge in [-0.1, -0.05) is 42.5 Å². The van der Waals surface area contributed by atoms with Crippen LogP contribution in [0.15, 0.2) is 59.5 Å². The average Bonchev–Trinajstić information content (AvgIpc) is 2.73. The number of piperazine rings is 1. The van der Waals surface area contributed by atoms with Crippen molar-refractivity contribution in [1.82, 2.24) is 14.5 Å². The summed E-state index contributed by atoms with van der Waals surface area (Å²) in [6, 6.07) is 15.7. The van der Waals surface area contributed by atoms with Crippen LogP contribution in [0, 0.1) is 0 Å². The number of nitrogens with one attached hydrogen (secondary N) is 1. The largest absolute Gasteiger partial charge is 0.351 e. The highest BCUT2D eigenvalue weighted by Gasteiger charge is 2.29. The third kappa shape index (κ3) is 5.50. The molecular formula is C21H25N3O4S. The molecule has 0 aromatic heterocycles. The van der Waals surface area contributed by atoms with Gasteiger partial charge in [-0.05, 0) is 24.6 Å². The summed E-state index contributed by atoms with van der Waals surface area (Å²) in [7, 11) is -3.61. The van der Waals surface area contributed by atoms with Gasteiger partial charge < -0.3 is 5.32 Å². The standard InChI is InChI=1S/C21H25N3O4S/c1-17(25)19-7-9-20(10-8-19)29(27,28)24-13-11-23(12-14-24)16-21(26)22-15-18-5-3-2-4-6-18/h2-10H,11-16H2,1H3,(H,22,26). The molecule has 2 aromatic carbocycles. The zero-order valence-corrected chi connectivity index (χ0v) is 17.2. The first kappa shape index (κ1) is 21.2. The van der Waals surface area contributed by atoms with Crippen LogP contribution in [-0.2, 0) is 21.4 Å². The molecule has 0 spiro atoms. The Morgan fingerprint density at radius 3 is 2.14 bits per heavy atom. The van der Waals surface area contributed by atoms with Crippen LogP contribution in [0.5, 0.6) is 0 Å². The van der Waals surface area contributed by atoms with Crippen LogP contribution in [0.2, 0.25) is 0 Å². The van der Waals surface area contributed by atoms with Crippen molar-refractivity contribution in [3.63, 3.8) is 0 Å². The van der Waals surface area contributed by atoms with E-state index in [1.807, 2.05) is 35.2 Å². The Morgan fingerprint density at radius 1 is 0.931 bits per heavy atom. The van der Waals surface area contributed by atoms with Gasteiger partial charge in [0.15, 0.2) is 5.78 Å². The molecule has 0 saturated carbocycles. The molecule has 0 atom stereocenters. The fraction of sp³-hybridized carbons (Fsp3) is 0.333. The van der Waals surface area contributed by atoms with Crippen molar-refractivity contribution in [2.24, 2.45) is 0 Å². The number of Topliss-reactive ketones (excluding diaryl/α,β-unsaturated/α-hetero) is 1. The Bertz CT molecular complexity index is 951. The van der Waals surface area contributed by atoms with Crippen molar-refractivity contribution in [3.05, 3.63) is 65.7 Å². The molecule has 29 heavy (non-hydrogen) atoms. The smallest absolute Gasteiger partial charge is 0.243 e. The number of carbonyl (C=O) groups excluding carboxylic acids is 2. The molecule has 7 nitrogen and oxygen atoms in total. The van der Waals surface area contributed by atoms with Gasteiger partial charge >= 0.3 is 0 Å². The number of hydrogen-bond donors (Lipinski definition) is 1. The summed E-state index contributed by atoms with van der Waals surface area (Å²) >= 11 is 0. The molecule has 1 amide bonds. The SMILES string of the molecule is CC(=O)c1ccc(S(=O)(=O)N2CCN(CC(=O)NCc3ccccc3)CC2)cc1. The number of ketones is 1. The lowest BCUT2D eigenvalue weighted by Gasteiger charge is -2.33. The number of rotatable bonds is 7. The molecule has 0 aliphatic carbocycles. The molecule has 8 heteroatoms. The molecule has 3 rings (SSSR count). The molecule has 1 saturated heterocycles. The average molecular weight is 416 g/mol. The van der Waals surface area contributed by atoms with E-state index in [1.54, 1.807) is 0 Å². The molecule has 0 bridgehead atoms. The van der Waals surface area contributed by atoms with Gasteiger partial charge in [0.1, 0.15) is 0 Å². The third-order valence-corrected chi connectivity index (χ3v) is 6.84. The summed E-state index contributed by atoms with van der Waals surface area (Å²) in [5, 5.41) is 2.89. The predicted octanol–water partition coefficient (Wildman–Crippen LogP) is 1.51. The van der Waals surface area contributed by atoms with Gasteiger partial charge in [-0.15, -0.1) is 0 Å². The molecule has 1 aliphatic heterocycles. The summed E-state index contributed by atoms with van der Waals surface area (Å²) in [5.74, 6) is -0.182. The molecule has 0 unspecified atom stereocenters. The van der Waals surface area contributed by atoms with E-state index in [9.17, 15) is 18.0 Å². The van der Waals surface area contributed by atoms with Crippen molar-refractivity contribution in [2.45, 2.75) is 18.4 Å². The quantitative estimate of drug-likeness (QED) is 0.693. The molecule has 1 aliphatic rings. The van der Waals surface area contributed by atoms with Gasteiger partial charge in [0.2, 0.25) is 15.9 Å². The Labute approximate surface area is 171 Å². The van der Waals surface area contributed by atoms with Crippen LogP contribution in [0.1, 0.15) is 22.8 Å². The summed E-state index contributed by atoms with van der Waals surface area (Å²) in [5.41, 5.74) is 1.52. The highest BCUT2D eigenvalue weighted by atomic mass is 32.2. The van der Waals surface area contributed by atoms with Crippen molar-refractivity contribution < 1.29 is 18.0 Å². The molecule has 154 valence electrons. The van der Waals surface area contributed by atoms with E-state index in [0.29, 0.717) is 38.3 Å². The first-order valence-corrected chi connectivity index (χ1v) is 10.9. The highest BCUT2D eigenvalue weighted by molar-refractivity contribution is 7.89. The van der Waals surface area contributed by atoms with Gasteiger partial charge in [0.25, 0.3) is 0 Å². The maximum atomic E-state index is 12.8. The first-order valence-electron chi connectivity index (χ1n) is 9.50. The van der Waals surface area contributed by atoms with Crippen LogP contribution < -0.4 is 5.32 Å². The normalized spacial score (nSPS) is 15.8. The maximum absolute atomic E-state index is 12.8. The van der Waals surface area contributed by atoms with E-state index in [2.05, 4.69) is 5.32 Å². The highest BCUT2D eigenvalue weighted by Crippen LogP contribution is 2.18. The minimum atomic E-state index is -3.61. The van der Waals surface area contributed by atoms with E-state index in [4.69, 9.17) is 0 Å². The van der Waals surface area contributed by atoms with Crippen LogP contribution in [-0.4, -0.2) is 62.0 Å². The van der Waals surface area contributed by atoms with E-state index < -0.39 is 10.0 Å². The zero-order valence-electron chi connectivity index (χ0n) is 16.4. The fourth-order valence-electron chi connectivity index (χ4n) is 3.19. The summed E-state index contributed by atoms with van der Waals surface area (Å²) in [6.07, 6.45) is 0. The lowest BCUT2D eigenvalue weighted by atomic mass is 10.2. The Balaban J connectivity index is 1.50. The van der Waals surface area contributed by atoms with Gasteiger partial charge in [0.05, 0.1) is 11.4 Å². The van der Waals surface area contributed by atoms with Crippen molar-refractivity contribution in [2.75, 3.05) is 32.7 Å². The summed E-state index contributed by atoms with van der Waals surface area (Å²) in [4.78, 5) is 25.6. The van der Waals surface area contributed by atoms with Crippen LogP contribution in [0.4, 0.5) is 0 Å². The van der Waals surface area contributed by atoms with Gasteiger partial charge in [-0.25, -0.2) is 8.42 Å². The minimum Gasteiger partial charge on any atom is -0.351 e. The lowest BCUT2D eigenvalue weighted by Crippen LogP contribution is -2.50. The Hall–Kier alpha value is -2.55. The van der Waals surface area contributed by atoms with E-state index in [-0.39, 0.29) is 23.1 Å². The van der Waals surface area contributed by atoms with Crippen LogP contribution in [0.25, 0.3) is 0 Å². The van der Waals surface area contributed by atoms with Gasteiger partial charge in [0, 0.05) is 38.3 Å². The summed E-state index contributed by atoms with van der Waals surface area (Å²) in [6.45, 7) is 3.79. The van der Waals surface area contributed by atoms with E-state index in [0.717, 1.165) is 5.56 Å². The fourth-order valence-corrected chi connectivity index (χ4v) is 4.62. The number of nitrogens with zero attached hydrogens (tertiary/aromatic N) is 2. The molecule has 1 fully saturated rings. The van der Waals surface area contributed by atoms with Crippen LogP contribution >= 0.6 is 0 Å². The minimum absolute atomic E-state index is 0.0787. The Kier molecular flexibility index (Phi) is 6.79. The van der Waals surface area contributed by atoms with Crippen molar-refractivity contribution in [3.8, 4) is 0 Å². The second-order valence-electron chi connectivity index (χ2n) is 7.02. The molecule has 0 radical (unpaired) electrons. The molecular weight excluding hydrogens is 390 g/mol. The third-order valence-electron chi connectivity index (χ3n) is 4.93. The number of carbonyl (C=O) groups is 2. The van der Waals surface area contributed by atoms with Gasteiger partial charge in [-0.2, -0.15) is 4.31 Å². The molecule has 2 aromatic rings. The second-order valence-corrected chi connectivity index (χ2v) is 8.96. The number of hydrogen-bond acceptors (Lipinski definition) is 5. The monoisotopic (exact) mass is 415 g/mol. The number of amides is 1. The van der Waals surface area contributed by atoms with Crippen molar-refractivity contribution in [1.29, 1.82) is 0 Å². The molecule has 1 heterocycles. The predicted molar refractivity (Wildman–Crippen MR) is 110 cm³/mol. The zero-order chi connectivity index (χ0) is 20.9. The number of sulfonamides is 1. The second kappa shape index (κ2) is 9.30. The lowest BCUT2D eigenvalue weighted by molar-refractivity contribution is -0.122. The van der Waals surface area contributed by atoms with Crippen LogP contribution in [0.3, 0.4) is 0 Å². The van der Waals surface area contributed by atoms with E-state index in [1.165, 1.54) is 35.5 Å². The van der Waals surface area contributed by atoms with Crippen molar-refractivity contribution >= 4 is 21.7 Å².